The third-order valence-corrected chi connectivity index (χ3v) is 5.56. The third-order valence-electron chi connectivity index (χ3n) is 5.56. The Balaban J connectivity index is 1.43. The molecular formula is C24H33NO4. The minimum atomic E-state index is -0.500. The standard InChI is InChI=1S/C24H33NO4/c1-25(14-13-18-11-12-23(27-2)24(15-18)28-3)16-20(26)17-29-22-10-6-8-19-7-4-5-9-21(19)22/h4-5,7,9,11-12,15,20,22,26H,6,8,10,13-14,16-17H2,1-3H3/t20-,22+/m0/s1. The third kappa shape index (κ3) is 5.95. The van der Waals surface area contributed by atoms with E-state index in [9.17, 15) is 5.11 Å². The van der Waals surface area contributed by atoms with Crippen LogP contribution in [0.5, 0.6) is 11.5 Å². The summed E-state index contributed by atoms with van der Waals surface area (Å²) in [4.78, 5) is 2.14. The smallest absolute Gasteiger partial charge is 0.160 e. The zero-order chi connectivity index (χ0) is 20.6. The number of ether oxygens (including phenoxy) is 3. The Kier molecular flexibility index (Phi) is 7.92. The maximum absolute atomic E-state index is 10.4. The van der Waals surface area contributed by atoms with Gasteiger partial charge in [-0.2, -0.15) is 0 Å². The summed E-state index contributed by atoms with van der Waals surface area (Å²) in [6.45, 7) is 1.79. The first-order valence-corrected chi connectivity index (χ1v) is 10.4. The normalized spacial score (nSPS) is 17.1. The molecule has 0 aromatic heterocycles. The van der Waals surface area contributed by atoms with E-state index in [0.29, 0.717) is 13.2 Å². The molecule has 1 N–H and O–H groups in total. The van der Waals surface area contributed by atoms with Gasteiger partial charge in [-0.1, -0.05) is 30.3 Å². The molecule has 1 aliphatic rings. The number of aryl methyl sites for hydroxylation is 1. The number of fused-ring (bicyclic) bond motifs is 1. The van der Waals surface area contributed by atoms with Crippen molar-refractivity contribution in [3.05, 3.63) is 59.2 Å². The second kappa shape index (κ2) is 10.6. The topological polar surface area (TPSA) is 51.2 Å². The highest BCUT2D eigenvalue weighted by molar-refractivity contribution is 5.43. The van der Waals surface area contributed by atoms with Crippen molar-refractivity contribution >= 4 is 0 Å². The molecule has 2 atom stereocenters. The number of benzene rings is 2. The van der Waals surface area contributed by atoms with Crippen LogP contribution >= 0.6 is 0 Å². The van der Waals surface area contributed by atoms with E-state index in [0.717, 1.165) is 43.7 Å². The Morgan fingerprint density at radius 3 is 2.69 bits per heavy atom. The highest BCUT2D eigenvalue weighted by Crippen LogP contribution is 2.32. The van der Waals surface area contributed by atoms with Crippen LogP contribution in [0.4, 0.5) is 0 Å². The second-order valence-electron chi connectivity index (χ2n) is 7.77. The van der Waals surface area contributed by atoms with E-state index in [1.54, 1.807) is 14.2 Å². The number of aliphatic hydroxyl groups is 1. The molecule has 3 rings (SSSR count). The molecule has 0 heterocycles. The van der Waals surface area contributed by atoms with E-state index in [1.807, 2.05) is 19.2 Å². The molecule has 158 valence electrons. The van der Waals surface area contributed by atoms with Crippen molar-refractivity contribution in [1.82, 2.24) is 4.90 Å². The molecule has 0 amide bonds. The molecule has 5 nitrogen and oxygen atoms in total. The van der Waals surface area contributed by atoms with Crippen molar-refractivity contribution in [1.29, 1.82) is 0 Å². The Labute approximate surface area is 174 Å². The predicted molar refractivity (Wildman–Crippen MR) is 115 cm³/mol. The summed E-state index contributed by atoms with van der Waals surface area (Å²) in [7, 11) is 5.31. The van der Waals surface area contributed by atoms with Gasteiger partial charge in [-0.15, -0.1) is 0 Å². The van der Waals surface area contributed by atoms with Crippen LogP contribution in [-0.4, -0.2) is 57.1 Å². The van der Waals surface area contributed by atoms with E-state index in [1.165, 1.54) is 16.7 Å². The summed E-state index contributed by atoms with van der Waals surface area (Å²) >= 11 is 0. The Bertz CT molecular complexity index is 779. The second-order valence-corrected chi connectivity index (χ2v) is 7.77. The average Bonchev–Trinajstić information content (AvgIpc) is 2.76. The van der Waals surface area contributed by atoms with Crippen LogP contribution in [0.25, 0.3) is 0 Å². The van der Waals surface area contributed by atoms with E-state index in [-0.39, 0.29) is 6.10 Å². The van der Waals surface area contributed by atoms with Crippen LogP contribution in [0.1, 0.15) is 35.6 Å². The first kappa shape index (κ1) is 21.6. The van der Waals surface area contributed by atoms with Crippen LogP contribution in [0, 0.1) is 0 Å². The number of likely N-dealkylation sites (N-methyl/N-ethyl adjacent to an activating group) is 1. The maximum atomic E-state index is 10.4. The zero-order valence-electron chi connectivity index (χ0n) is 17.8. The molecule has 0 radical (unpaired) electrons. The molecule has 0 saturated carbocycles. The molecule has 0 unspecified atom stereocenters. The molecule has 0 fully saturated rings. The highest BCUT2D eigenvalue weighted by atomic mass is 16.5. The summed E-state index contributed by atoms with van der Waals surface area (Å²) < 4.78 is 16.7. The molecule has 1 aliphatic carbocycles. The number of methoxy groups -OCH3 is 2. The van der Waals surface area contributed by atoms with Crippen molar-refractivity contribution in [2.24, 2.45) is 0 Å². The van der Waals surface area contributed by atoms with Crippen LogP contribution in [0.2, 0.25) is 0 Å². The largest absolute Gasteiger partial charge is 0.493 e. The van der Waals surface area contributed by atoms with Gasteiger partial charge >= 0.3 is 0 Å². The monoisotopic (exact) mass is 399 g/mol. The molecule has 0 saturated heterocycles. The van der Waals surface area contributed by atoms with Gasteiger partial charge in [0.2, 0.25) is 0 Å². The Hall–Kier alpha value is -2.08. The van der Waals surface area contributed by atoms with E-state index >= 15 is 0 Å². The first-order valence-electron chi connectivity index (χ1n) is 10.4. The summed E-state index contributed by atoms with van der Waals surface area (Å²) in [6.07, 6.45) is 3.77. The van der Waals surface area contributed by atoms with Gasteiger partial charge in [-0.25, -0.2) is 0 Å². The minimum Gasteiger partial charge on any atom is -0.493 e. The summed E-state index contributed by atoms with van der Waals surface area (Å²) in [5.74, 6) is 1.48. The van der Waals surface area contributed by atoms with Crippen molar-refractivity contribution in [3.8, 4) is 11.5 Å². The summed E-state index contributed by atoms with van der Waals surface area (Å²) in [5.41, 5.74) is 3.84. The van der Waals surface area contributed by atoms with Gasteiger partial charge in [-0.3, -0.25) is 0 Å². The lowest BCUT2D eigenvalue weighted by molar-refractivity contribution is -0.0258. The molecule has 5 heteroatoms. The Morgan fingerprint density at radius 2 is 1.90 bits per heavy atom. The SMILES string of the molecule is COc1ccc(CCN(C)C[C@H](O)CO[C@@H]2CCCc3ccccc32)cc1OC. The van der Waals surface area contributed by atoms with Gasteiger partial charge in [0.15, 0.2) is 11.5 Å². The van der Waals surface area contributed by atoms with Crippen LogP contribution in [-0.2, 0) is 17.6 Å². The van der Waals surface area contributed by atoms with Gasteiger partial charge < -0.3 is 24.2 Å². The molecule has 0 spiro atoms. The number of hydrogen-bond acceptors (Lipinski definition) is 5. The van der Waals surface area contributed by atoms with E-state index in [4.69, 9.17) is 14.2 Å². The molecule has 2 aromatic rings. The molecule has 29 heavy (non-hydrogen) atoms. The van der Waals surface area contributed by atoms with Crippen molar-refractivity contribution in [2.75, 3.05) is 41.0 Å². The lowest BCUT2D eigenvalue weighted by Gasteiger charge is -2.27. The van der Waals surface area contributed by atoms with Crippen molar-refractivity contribution < 1.29 is 19.3 Å². The van der Waals surface area contributed by atoms with Gasteiger partial charge in [-0.05, 0) is 61.6 Å². The highest BCUT2D eigenvalue weighted by Gasteiger charge is 2.21. The summed E-state index contributed by atoms with van der Waals surface area (Å²) in [6, 6.07) is 14.5. The maximum Gasteiger partial charge on any atom is 0.160 e. The van der Waals surface area contributed by atoms with E-state index in [2.05, 4.69) is 35.2 Å². The van der Waals surface area contributed by atoms with Crippen molar-refractivity contribution in [2.45, 2.75) is 37.9 Å². The van der Waals surface area contributed by atoms with Crippen molar-refractivity contribution in [3.63, 3.8) is 0 Å². The Morgan fingerprint density at radius 1 is 1.10 bits per heavy atom. The quantitative estimate of drug-likeness (QED) is 0.661. The van der Waals surface area contributed by atoms with Crippen LogP contribution in [0.15, 0.2) is 42.5 Å². The van der Waals surface area contributed by atoms with Gasteiger partial charge in [0, 0.05) is 13.1 Å². The average molecular weight is 400 g/mol. The molecular weight excluding hydrogens is 366 g/mol. The lowest BCUT2D eigenvalue weighted by Crippen LogP contribution is -2.34. The predicted octanol–water partition coefficient (Wildman–Crippen LogP) is 3.63. The molecule has 0 aliphatic heterocycles. The summed E-state index contributed by atoms with van der Waals surface area (Å²) in [5, 5.41) is 10.4. The molecule has 0 bridgehead atoms. The fourth-order valence-corrected chi connectivity index (χ4v) is 3.97. The van der Waals surface area contributed by atoms with Gasteiger partial charge in [0.1, 0.15) is 0 Å². The molecule has 2 aromatic carbocycles. The minimum absolute atomic E-state index is 0.103. The fourth-order valence-electron chi connectivity index (χ4n) is 3.97. The zero-order valence-corrected chi connectivity index (χ0v) is 17.8. The van der Waals surface area contributed by atoms with Crippen LogP contribution < -0.4 is 9.47 Å². The lowest BCUT2D eigenvalue weighted by atomic mass is 9.89. The van der Waals surface area contributed by atoms with Crippen LogP contribution in [0.3, 0.4) is 0 Å². The number of rotatable bonds is 10. The first-order chi connectivity index (χ1) is 14.1. The van der Waals surface area contributed by atoms with Gasteiger partial charge in [0.25, 0.3) is 0 Å². The number of hydrogen-bond donors (Lipinski definition) is 1. The van der Waals surface area contributed by atoms with E-state index < -0.39 is 6.10 Å². The van der Waals surface area contributed by atoms with Gasteiger partial charge in [0.05, 0.1) is 33.0 Å². The number of nitrogens with zero attached hydrogens (tertiary/aromatic N) is 1. The number of aliphatic hydroxyl groups excluding tert-OH is 1. The fraction of sp³-hybridized carbons (Fsp3) is 0.500.